The molecule has 2 amide bonds. The molecule has 0 bridgehead atoms. The number of amides is 2. The van der Waals surface area contributed by atoms with E-state index < -0.39 is 0 Å². The Morgan fingerprint density at radius 1 is 1.03 bits per heavy atom. The summed E-state index contributed by atoms with van der Waals surface area (Å²) in [5.41, 5.74) is 4.52. The number of fused-ring (bicyclic) bond motifs is 1. The van der Waals surface area contributed by atoms with Gasteiger partial charge >= 0.3 is 0 Å². The van der Waals surface area contributed by atoms with Gasteiger partial charge in [0.1, 0.15) is 5.75 Å². The third kappa shape index (κ3) is 4.78. The highest BCUT2D eigenvalue weighted by molar-refractivity contribution is 6.30. The van der Waals surface area contributed by atoms with Gasteiger partial charge in [0.05, 0.1) is 13.5 Å². The zero-order valence-corrected chi connectivity index (χ0v) is 18.9. The van der Waals surface area contributed by atoms with E-state index in [2.05, 4.69) is 12.2 Å². The van der Waals surface area contributed by atoms with E-state index in [0.717, 1.165) is 28.8 Å². The first-order valence-electron chi connectivity index (χ1n) is 10.5. The minimum atomic E-state index is -0.0626. The van der Waals surface area contributed by atoms with Gasteiger partial charge in [-0.05, 0) is 72.5 Å². The summed E-state index contributed by atoms with van der Waals surface area (Å²) in [7, 11) is 1.60. The maximum Gasteiger partial charge on any atom is 0.258 e. The molecule has 32 heavy (non-hydrogen) atoms. The summed E-state index contributed by atoms with van der Waals surface area (Å²) in [6, 6.07) is 20.5. The second-order valence-corrected chi connectivity index (χ2v) is 8.44. The summed E-state index contributed by atoms with van der Waals surface area (Å²) in [5, 5.41) is 3.61. The molecule has 0 aliphatic carbocycles. The Labute approximate surface area is 193 Å². The summed E-state index contributed by atoms with van der Waals surface area (Å²) in [5.74, 6) is 0.614. The molecule has 4 rings (SSSR count). The molecule has 1 N–H and O–H groups in total. The Balaban J connectivity index is 1.45. The number of nitrogens with one attached hydrogen (secondary N) is 1. The van der Waals surface area contributed by atoms with Crippen LogP contribution in [0.1, 0.15) is 34.0 Å². The summed E-state index contributed by atoms with van der Waals surface area (Å²) in [4.78, 5) is 27.4. The molecule has 1 atom stereocenters. The fourth-order valence-electron chi connectivity index (χ4n) is 4.00. The van der Waals surface area contributed by atoms with E-state index in [0.29, 0.717) is 29.3 Å². The number of carbonyl (C=O) groups is 2. The Morgan fingerprint density at radius 3 is 2.41 bits per heavy atom. The van der Waals surface area contributed by atoms with Crippen LogP contribution in [-0.4, -0.2) is 25.0 Å². The lowest BCUT2D eigenvalue weighted by Crippen LogP contribution is -2.35. The van der Waals surface area contributed by atoms with Crippen LogP contribution in [0.25, 0.3) is 0 Å². The van der Waals surface area contributed by atoms with Crippen molar-refractivity contribution in [1.82, 2.24) is 5.32 Å². The maximum atomic E-state index is 13.2. The van der Waals surface area contributed by atoms with E-state index in [1.807, 2.05) is 35.2 Å². The quantitative estimate of drug-likeness (QED) is 0.589. The van der Waals surface area contributed by atoms with Crippen molar-refractivity contribution in [3.05, 3.63) is 94.0 Å². The number of hydrogen-bond donors (Lipinski definition) is 1. The first kappa shape index (κ1) is 21.9. The lowest BCUT2D eigenvalue weighted by Gasteiger charge is -2.23. The third-order valence-corrected chi connectivity index (χ3v) is 5.94. The highest BCUT2D eigenvalue weighted by Crippen LogP contribution is 2.34. The molecule has 1 heterocycles. The van der Waals surface area contributed by atoms with E-state index in [9.17, 15) is 9.59 Å². The minimum Gasteiger partial charge on any atom is -0.497 e. The number of hydrogen-bond acceptors (Lipinski definition) is 3. The molecule has 0 radical (unpaired) electrons. The van der Waals surface area contributed by atoms with E-state index >= 15 is 0 Å². The molecular weight excluding hydrogens is 424 g/mol. The fraction of sp³-hybridized carbons (Fsp3) is 0.231. The number of ether oxygens (including phenoxy) is 1. The molecule has 164 valence electrons. The standard InChI is InChI=1S/C26H25ClN2O3/c1-17-13-21-6-3-19(16-28-25(30)15-18-4-9-22(27)10-5-18)14-24(21)29(17)26(31)20-7-11-23(32-2)12-8-20/h3-12,14,17H,13,15-16H2,1-2H3,(H,28,30)/t17-/m0/s1. The molecule has 6 heteroatoms. The van der Waals surface area contributed by atoms with Crippen LogP contribution in [0.3, 0.4) is 0 Å². The van der Waals surface area contributed by atoms with Crippen molar-refractivity contribution in [3.63, 3.8) is 0 Å². The average molecular weight is 449 g/mol. The van der Waals surface area contributed by atoms with Crippen molar-refractivity contribution < 1.29 is 14.3 Å². The smallest absolute Gasteiger partial charge is 0.258 e. The predicted octanol–water partition coefficient (Wildman–Crippen LogP) is 4.80. The summed E-state index contributed by atoms with van der Waals surface area (Å²) >= 11 is 5.90. The highest BCUT2D eigenvalue weighted by Gasteiger charge is 2.31. The Hall–Kier alpha value is -3.31. The molecule has 0 fully saturated rings. The number of benzene rings is 3. The van der Waals surface area contributed by atoms with Crippen LogP contribution < -0.4 is 15.0 Å². The zero-order chi connectivity index (χ0) is 22.7. The van der Waals surface area contributed by atoms with Crippen molar-refractivity contribution >= 4 is 29.1 Å². The van der Waals surface area contributed by atoms with Gasteiger partial charge in [-0.2, -0.15) is 0 Å². The molecule has 0 unspecified atom stereocenters. The number of anilines is 1. The lowest BCUT2D eigenvalue weighted by molar-refractivity contribution is -0.120. The average Bonchev–Trinajstić information content (AvgIpc) is 3.13. The van der Waals surface area contributed by atoms with Gasteiger partial charge in [0.25, 0.3) is 5.91 Å². The normalized spacial score (nSPS) is 14.7. The number of carbonyl (C=O) groups excluding carboxylic acids is 2. The Kier molecular flexibility index (Phi) is 6.47. The monoisotopic (exact) mass is 448 g/mol. The van der Waals surface area contributed by atoms with E-state index in [1.165, 1.54) is 0 Å². The first-order valence-corrected chi connectivity index (χ1v) is 10.9. The van der Waals surface area contributed by atoms with Crippen LogP contribution in [0.4, 0.5) is 5.69 Å². The van der Waals surface area contributed by atoms with Crippen molar-refractivity contribution in [2.75, 3.05) is 12.0 Å². The van der Waals surface area contributed by atoms with Gasteiger partial charge in [-0.25, -0.2) is 0 Å². The molecule has 3 aromatic carbocycles. The molecule has 0 spiro atoms. The van der Waals surface area contributed by atoms with Crippen molar-refractivity contribution in [2.24, 2.45) is 0 Å². The maximum absolute atomic E-state index is 13.2. The van der Waals surface area contributed by atoms with Crippen LogP contribution in [0, 0.1) is 0 Å². The second-order valence-electron chi connectivity index (χ2n) is 8.00. The van der Waals surface area contributed by atoms with Gasteiger partial charge in [-0.15, -0.1) is 0 Å². The first-order chi connectivity index (χ1) is 15.4. The van der Waals surface area contributed by atoms with E-state index in [4.69, 9.17) is 16.3 Å². The molecule has 0 saturated heterocycles. The molecule has 5 nitrogen and oxygen atoms in total. The molecule has 1 aliphatic heterocycles. The van der Waals surface area contributed by atoms with Gasteiger partial charge in [0.15, 0.2) is 0 Å². The Bertz CT molecular complexity index is 1130. The van der Waals surface area contributed by atoms with Gasteiger partial charge in [0, 0.05) is 28.9 Å². The minimum absolute atomic E-state index is 0.0390. The summed E-state index contributed by atoms with van der Waals surface area (Å²) in [6.07, 6.45) is 1.10. The zero-order valence-electron chi connectivity index (χ0n) is 18.1. The van der Waals surface area contributed by atoms with Crippen LogP contribution in [0.5, 0.6) is 5.75 Å². The SMILES string of the molecule is COc1ccc(C(=O)N2c3cc(CNC(=O)Cc4ccc(Cl)cc4)ccc3C[C@@H]2C)cc1. The van der Waals surface area contributed by atoms with Gasteiger partial charge < -0.3 is 15.0 Å². The van der Waals surface area contributed by atoms with E-state index in [1.54, 1.807) is 43.5 Å². The Morgan fingerprint density at radius 2 is 1.72 bits per heavy atom. The lowest BCUT2D eigenvalue weighted by atomic mass is 10.1. The van der Waals surface area contributed by atoms with Crippen LogP contribution >= 0.6 is 11.6 Å². The summed E-state index contributed by atoms with van der Waals surface area (Å²) in [6.45, 7) is 2.45. The number of nitrogens with zero attached hydrogens (tertiary/aromatic N) is 1. The fourth-order valence-corrected chi connectivity index (χ4v) is 4.12. The largest absolute Gasteiger partial charge is 0.497 e. The third-order valence-electron chi connectivity index (χ3n) is 5.69. The molecular formula is C26H25ClN2O3. The van der Waals surface area contributed by atoms with Gasteiger partial charge in [0.2, 0.25) is 5.91 Å². The molecule has 0 saturated carbocycles. The highest BCUT2D eigenvalue weighted by atomic mass is 35.5. The number of rotatable bonds is 6. The van der Waals surface area contributed by atoms with Gasteiger partial charge in [-0.1, -0.05) is 35.9 Å². The summed E-state index contributed by atoms with van der Waals surface area (Å²) < 4.78 is 5.19. The predicted molar refractivity (Wildman–Crippen MR) is 126 cm³/mol. The second kappa shape index (κ2) is 9.45. The molecule has 3 aromatic rings. The molecule has 0 aromatic heterocycles. The van der Waals surface area contributed by atoms with E-state index in [-0.39, 0.29) is 17.9 Å². The van der Waals surface area contributed by atoms with Crippen molar-refractivity contribution in [1.29, 1.82) is 0 Å². The molecule has 1 aliphatic rings. The van der Waals surface area contributed by atoms with Crippen LogP contribution in [0.15, 0.2) is 66.7 Å². The number of halogens is 1. The topological polar surface area (TPSA) is 58.6 Å². The van der Waals surface area contributed by atoms with Crippen LogP contribution in [-0.2, 0) is 24.2 Å². The van der Waals surface area contributed by atoms with Crippen LogP contribution in [0.2, 0.25) is 5.02 Å². The van der Waals surface area contributed by atoms with Crippen molar-refractivity contribution in [2.45, 2.75) is 32.4 Å². The van der Waals surface area contributed by atoms with Crippen molar-refractivity contribution in [3.8, 4) is 5.75 Å². The van der Waals surface area contributed by atoms with Gasteiger partial charge in [-0.3, -0.25) is 9.59 Å². The number of methoxy groups -OCH3 is 1.